The maximum absolute atomic E-state index is 2.45. The van der Waals surface area contributed by atoms with Crippen LogP contribution in [0.1, 0.15) is 0 Å². The van der Waals surface area contributed by atoms with Crippen molar-refractivity contribution in [2.45, 2.75) is 0 Å². The molecule has 3 aromatic heterocycles. The lowest BCUT2D eigenvalue weighted by atomic mass is 9.98. The van der Waals surface area contributed by atoms with Crippen LogP contribution in [0.4, 0.5) is 0 Å². The van der Waals surface area contributed by atoms with Crippen LogP contribution in [-0.4, -0.2) is 8.97 Å². The van der Waals surface area contributed by atoms with Gasteiger partial charge in [0.15, 0.2) is 0 Å². The van der Waals surface area contributed by atoms with Gasteiger partial charge in [0.25, 0.3) is 0 Å². The molecule has 0 aliphatic carbocycles. The Bertz CT molecular complexity index is 2990. The van der Waals surface area contributed by atoms with Gasteiger partial charge >= 0.3 is 0 Å². The third-order valence-electron chi connectivity index (χ3n) is 10.6. The molecule has 3 heterocycles. The minimum absolute atomic E-state index is 1.16. The normalized spacial score (nSPS) is 12.0. The Hall–Kier alpha value is -6.64. The summed E-state index contributed by atoms with van der Waals surface area (Å²) in [4.78, 5) is 0. The first kappa shape index (κ1) is 27.3. The second-order valence-electron chi connectivity index (χ2n) is 13.4. The number of nitrogens with zero attached hydrogens (tertiary/aromatic N) is 2. The Kier molecular flexibility index (Phi) is 5.70. The van der Waals surface area contributed by atoms with Gasteiger partial charge in [-0.05, 0) is 88.0 Å². The van der Waals surface area contributed by atoms with Gasteiger partial charge < -0.3 is 8.97 Å². The summed E-state index contributed by atoms with van der Waals surface area (Å²) in [6.45, 7) is 0. The van der Waals surface area contributed by atoms with E-state index >= 15 is 0 Å². The van der Waals surface area contributed by atoms with E-state index in [9.17, 15) is 0 Å². The highest BCUT2D eigenvalue weighted by Gasteiger charge is 2.19. The van der Waals surface area contributed by atoms with Gasteiger partial charge in [0.05, 0.1) is 27.6 Å². The lowest BCUT2D eigenvalue weighted by molar-refractivity contribution is 1.18. The maximum Gasteiger partial charge on any atom is 0.0620 e. The van der Waals surface area contributed by atoms with Crippen molar-refractivity contribution >= 4 is 59.9 Å². The van der Waals surface area contributed by atoms with Crippen molar-refractivity contribution < 1.29 is 0 Å². The number of rotatable bonds is 4. The van der Waals surface area contributed by atoms with Crippen LogP contribution in [0.3, 0.4) is 0 Å². The molecule has 11 aromatic rings. The van der Waals surface area contributed by atoms with Gasteiger partial charge in [-0.3, -0.25) is 0 Å². The molecule has 2 nitrogen and oxygen atoms in total. The molecule has 0 saturated heterocycles. The topological polar surface area (TPSA) is 9.34 Å². The van der Waals surface area contributed by atoms with E-state index in [2.05, 4.69) is 191 Å². The number of hydrogen-bond acceptors (Lipinski definition) is 0. The van der Waals surface area contributed by atoms with Crippen LogP contribution in [0, 0.1) is 0 Å². The third-order valence-corrected chi connectivity index (χ3v) is 10.6. The molecule has 0 saturated carbocycles. The Morgan fingerprint density at radius 3 is 1.40 bits per heavy atom. The molecule has 232 valence electrons. The number of aromatic nitrogens is 2. The minimum atomic E-state index is 1.16. The minimum Gasteiger partial charge on any atom is -0.309 e. The first-order valence-electron chi connectivity index (χ1n) is 17.3. The zero-order valence-corrected chi connectivity index (χ0v) is 27.2. The second-order valence-corrected chi connectivity index (χ2v) is 13.4. The van der Waals surface area contributed by atoms with E-state index < -0.39 is 0 Å². The second kappa shape index (κ2) is 10.4. The van der Waals surface area contributed by atoms with Gasteiger partial charge in [-0.1, -0.05) is 127 Å². The van der Waals surface area contributed by atoms with Crippen molar-refractivity contribution in [3.05, 3.63) is 182 Å². The molecule has 0 bridgehead atoms. The van der Waals surface area contributed by atoms with Crippen molar-refractivity contribution in [2.24, 2.45) is 0 Å². The SMILES string of the molecule is c1ccc(-c2ccc(-c3cccc(-n4c5ccccc5c5cc(-c6cc7c8ccccc8n8c9ccccc9c(c6)c78)ccc54)c3)cc2)cc1. The summed E-state index contributed by atoms with van der Waals surface area (Å²) in [5.74, 6) is 0. The predicted molar refractivity (Wildman–Crippen MR) is 212 cm³/mol. The number of benzene rings is 8. The molecule has 0 amide bonds. The molecule has 0 unspecified atom stereocenters. The lowest BCUT2D eigenvalue weighted by Gasteiger charge is -2.11. The van der Waals surface area contributed by atoms with E-state index in [0.29, 0.717) is 0 Å². The van der Waals surface area contributed by atoms with Crippen LogP contribution in [0.25, 0.3) is 99.0 Å². The summed E-state index contributed by atoms with van der Waals surface area (Å²) in [5, 5.41) is 7.73. The Balaban J connectivity index is 1.08. The van der Waals surface area contributed by atoms with Gasteiger partial charge in [-0.2, -0.15) is 0 Å². The van der Waals surface area contributed by atoms with E-state index in [4.69, 9.17) is 0 Å². The van der Waals surface area contributed by atoms with Crippen molar-refractivity contribution in [3.63, 3.8) is 0 Å². The number of fused-ring (bicyclic) bond motifs is 9. The average molecular weight is 635 g/mol. The molecule has 2 heteroatoms. The first-order valence-corrected chi connectivity index (χ1v) is 17.3. The highest BCUT2D eigenvalue weighted by atomic mass is 15.0. The van der Waals surface area contributed by atoms with E-state index in [1.807, 2.05) is 0 Å². The number of hydrogen-bond donors (Lipinski definition) is 0. The zero-order chi connectivity index (χ0) is 32.8. The molecule has 0 aliphatic rings. The Morgan fingerprint density at radius 2 is 0.720 bits per heavy atom. The van der Waals surface area contributed by atoms with Gasteiger partial charge in [0.2, 0.25) is 0 Å². The maximum atomic E-state index is 2.45. The highest BCUT2D eigenvalue weighted by molar-refractivity contribution is 6.24. The fourth-order valence-electron chi connectivity index (χ4n) is 8.36. The van der Waals surface area contributed by atoms with Gasteiger partial charge in [0.1, 0.15) is 0 Å². The summed E-state index contributed by atoms with van der Waals surface area (Å²) in [6.07, 6.45) is 0. The first-order chi connectivity index (χ1) is 24.8. The summed E-state index contributed by atoms with van der Waals surface area (Å²) in [5.41, 5.74) is 14.8. The lowest BCUT2D eigenvalue weighted by Crippen LogP contribution is -1.94. The quantitative estimate of drug-likeness (QED) is 0.182. The van der Waals surface area contributed by atoms with Crippen LogP contribution in [0.15, 0.2) is 182 Å². The summed E-state index contributed by atoms with van der Waals surface area (Å²) < 4.78 is 4.87. The van der Waals surface area contributed by atoms with Crippen LogP contribution in [0.2, 0.25) is 0 Å². The number of para-hydroxylation sites is 3. The Labute approximate surface area is 289 Å². The fraction of sp³-hybridized carbons (Fsp3) is 0. The monoisotopic (exact) mass is 634 g/mol. The molecule has 0 aliphatic heterocycles. The third kappa shape index (κ3) is 3.90. The molecular formula is C48H30N2. The molecular weight excluding hydrogens is 605 g/mol. The summed E-state index contributed by atoms with van der Waals surface area (Å²) in [6, 6.07) is 66.6. The van der Waals surface area contributed by atoms with E-state index in [0.717, 1.165) is 5.69 Å². The molecule has 50 heavy (non-hydrogen) atoms. The van der Waals surface area contributed by atoms with Gasteiger partial charge in [0, 0.05) is 38.0 Å². The molecule has 0 N–H and O–H groups in total. The molecule has 0 atom stereocenters. The van der Waals surface area contributed by atoms with E-state index in [-0.39, 0.29) is 0 Å². The molecule has 0 fully saturated rings. The summed E-state index contributed by atoms with van der Waals surface area (Å²) >= 11 is 0. The van der Waals surface area contributed by atoms with Crippen LogP contribution < -0.4 is 0 Å². The fourth-order valence-corrected chi connectivity index (χ4v) is 8.36. The average Bonchev–Trinajstić information content (AvgIpc) is 3.83. The molecule has 8 aromatic carbocycles. The van der Waals surface area contributed by atoms with Crippen molar-refractivity contribution in [1.82, 2.24) is 8.97 Å². The predicted octanol–water partition coefficient (Wildman–Crippen LogP) is 12.9. The van der Waals surface area contributed by atoms with Gasteiger partial charge in [-0.25, -0.2) is 0 Å². The van der Waals surface area contributed by atoms with Crippen LogP contribution >= 0.6 is 0 Å². The zero-order valence-electron chi connectivity index (χ0n) is 27.2. The molecule has 0 spiro atoms. The highest BCUT2D eigenvalue weighted by Crippen LogP contribution is 2.43. The molecule has 11 rings (SSSR count). The molecule has 0 radical (unpaired) electrons. The van der Waals surface area contributed by atoms with Crippen molar-refractivity contribution in [2.75, 3.05) is 0 Å². The Morgan fingerprint density at radius 1 is 0.260 bits per heavy atom. The standard InChI is InChI=1S/C48H30N2/c1-2-11-31(12-3-1)32-21-23-33(24-22-32)34-13-10-14-37(27-34)49-44-18-7-4-15-38(44)41-28-35(25-26-47(41)49)36-29-42-39-16-5-8-19-45(39)50-46-20-9-6-17-40(46)43(30-36)48(42)50/h1-30H. The van der Waals surface area contributed by atoms with Crippen LogP contribution in [-0.2, 0) is 0 Å². The van der Waals surface area contributed by atoms with Crippen molar-refractivity contribution in [3.8, 4) is 39.1 Å². The van der Waals surface area contributed by atoms with Crippen LogP contribution in [0.5, 0.6) is 0 Å². The van der Waals surface area contributed by atoms with Gasteiger partial charge in [-0.15, -0.1) is 0 Å². The largest absolute Gasteiger partial charge is 0.309 e. The summed E-state index contributed by atoms with van der Waals surface area (Å²) in [7, 11) is 0. The smallest absolute Gasteiger partial charge is 0.0620 e. The van der Waals surface area contributed by atoms with E-state index in [1.165, 1.54) is 93.3 Å². The van der Waals surface area contributed by atoms with Crippen molar-refractivity contribution in [1.29, 1.82) is 0 Å². The van der Waals surface area contributed by atoms with E-state index in [1.54, 1.807) is 0 Å².